The molecule has 1 heterocycles. The second-order valence-electron chi connectivity index (χ2n) is 3.26. The highest BCUT2D eigenvalue weighted by molar-refractivity contribution is 5.97. The van der Waals surface area contributed by atoms with Gasteiger partial charge in [-0.2, -0.15) is 0 Å². The van der Waals surface area contributed by atoms with Crippen molar-refractivity contribution in [3.05, 3.63) is 30.1 Å². The number of rotatable bonds is 4. The highest BCUT2D eigenvalue weighted by Gasteiger charge is 2.18. The molecule has 0 aliphatic rings. The predicted octanol–water partition coefficient (Wildman–Crippen LogP) is 1.35. The summed E-state index contributed by atoms with van der Waals surface area (Å²) in [5, 5.41) is 0. The van der Waals surface area contributed by atoms with Crippen LogP contribution in [0.25, 0.3) is 0 Å². The second kappa shape index (κ2) is 5.24. The van der Waals surface area contributed by atoms with Crippen molar-refractivity contribution in [2.45, 2.75) is 20.5 Å². The molecule has 0 bridgehead atoms. The summed E-state index contributed by atoms with van der Waals surface area (Å²) < 4.78 is 4.93. The maximum absolute atomic E-state index is 11.3. The van der Waals surface area contributed by atoms with Crippen LogP contribution in [-0.2, 0) is 20.9 Å². The van der Waals surface area contributed by atoms with Gasteiger partial charge < -0.3 is 4.74 Å². The first-order valence-corrected chi connectivity index (χ1v) is 4.68. The van der Waals surface area contributed by atoms with Gasteiger partial charge in [0.2, 0.25) is 0 Å². The third-order valence-electron chi connectivity index (χ3n) is 2.05. The number of esters is 1. The quantitative estimate of drug-likeness (QED) is 0.552. The third kappa shape index (κ3) is 3.50. The number of ketones is 1. The van der Waals surface area contributed by atoms with E-state index in [9.17, 15) is 9.59 Å². The molecule has 80 valence electrons. The molecule has 15 heavy (non-hydrogen) atoms. The Balaban J connectivity index is 2.44. The van der Waals surface area contributed by atoms with Crippen LogP contribution in [0.15, 0.2) is 24.4 Å². The van der Waals surface area contributed by atoms with E-state index in [4.69, 9.17) is 4.74 Å². The van der Waals surface area contributed by atoms with Gasteiger partial charge in [0.15, 0.2) is 0 Å². The summed E-state index contributed by atoms with van der Waals surface area (Å²) in [6.07, 6.45) is 1.62. The number of aromatic nitrogens is 1. The largest absolute Gasteiger partial charge is 0.459 e. The van der Waals surface area contributed by atoms with Crippen LogP contribution >= 0.6 is 0 Å². The Morgan fingerprint density at radius 2 is 2.20 bits per heavy atom. The van der Waals surface area contributed by atoms with Gasteiger partial charge in [-0.05, 0) is 26.0 Å². The van der Waals surface area contributed by atoms with Crippen molar-refractivity contribution < 1.29 is 14.3 Å². The van der Waals surface area contributed by atoms with E-state index < -0.39 is 11.9 Å². The van der Waals surface area contributed by atoms with Crippen molar-refractivity contribution in [2.24, 2.45) is 5.92 Å². The molecule has 1 rings (SSSR count). The van der Waals surface area contributed by atoms with Gasteiger partial charge in [-0.3, -0.25) is 14.6 Å². The molecule has 4 heteroatoms. The lowest BCUT2D eigenvalue weighted by Crippen LogP contribution is -2.21. The van der Waals surface area contributed by atoms with E-state index in [2.05, 4.69) is 4.98 Å². The number of carbonyl (C=O) groups excluding carboxylic acids is 2. The first kappa shape index (κ1) is 11.4. The molecular formula is C11H13NO3. The fourth-order valence-electron chi connectivity index (χ4n) is 0.920. The third-order valence-corrected chi connectivity index (χ3v) is 2.05. The van der Waals surface area contributed by atoms with Gasteiger partial charge in [0, 0.05) is 6.20 Å². The molecule has 0 fully saturated rings. The smallest absolute Gasteiger partial charge is 0.316 e. The minimum Gasteiger partial charge on any atom is -0.459 e. The fraction of sp³-hybridized carbons (Fsp3) is 0.364. The van der Waals surface area contributed by atoms with Crippen molar-refractivity contribution >= 4 is 11.8 Å². The number of hydrogen-bond acceptors (Lipinski definition) is 4. The van der Waals surface area contributed by atoms with E-state index in [1.165, 1.54) is 13.8 Å². The number of pyridine rings is 1. The first-order valence-electron chi connectivity index (χ1n) is 4.68. The van der Waals surface area contributed by atoms with Crippen molar-refractivity contribution in [3.8, 4) is 0 Å². The van der Waals surface area contributed by atoms with Gasteiger partial charge in [0.25, 0.3) is 0 Å². The summed E-state index contributed by atoms with van der Waals surface area (Å²) >= 11 is 0. The molecule has 0 aromatic carbocycles. The van der Waals surface area contributed by atoms with Gasteiger partial charge in [-0.25, -0.2) is 0 Å². The van der Waals surface area contributed by atoms with E-state index in [1.54, 1.807) is 18.3 Å². The first-order chi connectivity index (χ1) is 7.11. The minimum atomic E-state index is -0.700. The standard InChI is InChI=1S/C11H13NO3/c1-8(9(2)13)11(14)15-7-10-5-3-4-6-12-10/h3-6,8H,7H2,1-2H3. The van der Waals surface area contributed by atoms with E-state index in [0.29, 0.717) is 5.69 Å². The molecule has 1 unspecified atom stereocenters. The molecule has 0 aliphatic heterocycles. The predicted molar refractivity (Wildman–Crippen MR) is 53.9 cm³/mol. The summed E-state index contributed by atoms with van der Waals surface area (Å²) in [7, 11) is 0. The molecule has 0 saturated heterocycles. The Bertz CT molecular complexity index is 348. The van der Waals surface area contributed by atoms with Gasteiger partial charge in [-0.1, -0.05) is 6.07 Å². The number of carbonyl (C=O) groups is 2. The molecule has 4 nitrogen and oxygen atoms in total. The van der Waals surface area contributed by atoms with E-state index in [-0.39, 0.29) is 12.4 Å². The fourth-order valence-corrected chi connectivity index (χ4v) is 0.920. The van der Waals surface area contributed by atoms with Crippen LogP contribution in [0, 0.1) is 5.92 Å². The minimum absolute atomic E-state index is 0.108. The van der Waals surface area contributed by atoms with Gasteiger partial charge in [0.05, 0.1) is 5.69 Å². The highest BCUT2D eigenvalue weighted by atomic mass is 16.5. The van der Waals surface area contributed by atoms with Gasteiger partial charge in [-0.15, -0.1) is 0 Å². The van der Waals surface area contributed by atoms with Crippen molar-refractivity contribution in [1.29, 1.82) is 0 Å². The zero-order valence-corrected chi connectivity index (χ0v) is 8.77. The van der Waals surface area contributed by atoms with Crippen LogP contribution in [0.5, 0.6) is 0 Å². The Morgan fingerprint density at radius 1 is 1.47 bits per heavy atom. The van der Waals surface area contributed by atoms with Gasteiger partial charge >= 0.3 is 5.97 Å². The van der Waals surface area contributed by atoms with Gasteiger partial charge in [0.1, 0.15) is 18.3 Å². The average Bonchev–Trinajstić information content (AvgIpc) is 2.26. The topological polar surface area (TPSA) is 56.3 Å². The molecule has 0 aliphatic carbocycles. The van der Waals surface area contributed by atoms with E-state index in [1.807, 2.05) is 6.07 Å². The van der Waals surface area contributed by atoms with Crippen molar-refractivity contribution in [2.75, 3.05) is 0 Å². The lowest BCUT2D eigenvalue weighted by atomic mass is 10.1. The molecule has 0 spiro atoms. The molecule has 0 amide bonds. The Kier molecular flexibility index (Phi) is 3.97. The SMILES string of the molecule is CC(=O)C(C)C(=O)OCc1ccccn1. The zero-order chi connectivity index (χ0) is 11.3. The van der Waals surface area contributed by atoms with Crippen LogP contribution in [0.3, 0.4) is 0 Å². The highest BCUT2D eigenvalue weighted by Crippen LogP contribution is 2.03. The molecule has 0 radical (unpaired) electrons. The second-order valence-corrected chi connectivity index (χ2v) is 3.26. The maximum atomic E-state index is 11.3. The van der Waals surface area contributed by atoms with Crippen LogP contribution in [0.1, 0.15) is 19.5 Å². The summed E-state index contributed by atoms with van der Waals surface area (Å²) in [5.41, 5.74) is 0.668. The summed E-state index contributed by atoms with van der Waals surface area (Å²) in [6.45, 7) is 3.01. The molecule has 0 saturated carbocycles. The monoisotopic (exact) mass is 207 g/mol. The normalized spacial score (nSPS) is 11.9. The number of nitrogens with zero attached hydrogens (tertiary/aromatic N) is 1. The maximum Gasteiger partial charge on any atom is 0.316 e. The number of hydrogen-bond donors (Lipinski definition) is 0. The average molecular weight is 207 g/mol. The molecular weight excluding hydrogens is 194 g/mol. The summed E-state index contributed by atoms with van der Waals surface area (Å²) in [5.74, 6) is -1.40. The van der Waals surface area contributed by atoms with Crippen LogP contribution in [0.2, 0.25) is 0 Å². The van der Waals surface area contributed by atoms with Crippen molar-refractivity contribution in [1.82, 2.24) is 4.98 Å². The molecule has 0 N–H and O–H groups in total. The lowest BCUT2D eigenvalue weighted by molar-refractivity contribution is -0.152. The van der Waals surface area contributed by atoms with Crippen LogP contribution in [0.4, 0.5) is 0 Å². The summed E-state index contributed by atoms with van der Waals surface area (Å²) in [4.78, 5) is 26.2. The Hall–Kier alpha value is -1.71. The van der Waals surface area contributed by atoms with E-state index >= 15 is 0 Å². The Morgan fingerprint density at radius 3 is 2.73 bits per heavy atom. The Labute approximate surface area is 88.3 Å². The van der Waals surface area contributed by atoms with Crippen LogP contribution < -0.4 is 0 Å². The lowest BCUT2D eigenvalue weighted by Gasteiger charge is -2.07. The molecule has 1 aromatic heterocycles. The van der Waals surface area contributed by atoms with Crippen molar-refractivity contribution in [3.63, 3.8) is 0 Å². The number of Topliss-reactive ketones (excluding diaryl/α,β-unsaturated/α-hetero) is 1. The van der Waals surface area contributed by atoms with E-state index in [0.717, 1.165) is 0 Å². The van der Waals surface area contributed by atoms with Crippen LogP contribution in [-0.4, -0.2) is 16.7 Å². The zero-order valence-electron chi connectivity index (χ0n) is 8.77. The molecule has 1 atom stereocenters. The molecule has 1 aromatic rings. The number of ether oxygens (including phenoxy) is 1. The summed E-state index contributed by atoms with van der Waals surface area (Å²) in [6, 6.07) is 5.35.